The summed E-state index contributed by atoms with van der Waals surface area (Å²) in [5.41, 5.74) is 8.92. The smallest absolute Gasteiger partial charge is 0.141 e. The average molecular weight is 515 g/mol. The van der Waals surface area contributed by atoms with Gasteiger partial charge in [-0.15, -0.1) is 0 Å². The van der Waals surface area contributed by atoms with Gasteiger partial charge in [0.25, 0.3) is 0 Å². The van der Waals surface area contributed by atoms with Crippen molar-refractivity contribution in [3.63, 3.8) is 0 Å². The first-order valence-corrected chi connectivity index (χ1v) is 13.6. The van der Waals surface area contributed by atoms with E-state index < -0.39 is 0 Å². The Kier molecular flexibility index (Phi) is 4.92. The Morgan fingerprint density at radius 1 is 0.450 bits per heavy atom. The van der Waals surface area contributed by atoms with Gasteiger partial charge in [-0.25, -0.2) is 9.97 Å². The Bertz CT molecular complexity index is 2100. The minimum Gasteiger partial charge on any atom is -0.327 e. The average Bonchev–Trinajstić information content (AvgIpc) is 3.52. The second kappa shape index (κ2) is 8.65. The van der Waals surface area contributed by atoms with Gasteiger partial charge in [0.05, 0.1) is 22.1 Å². The predicted octanol–water partition coefficient (Wildman–Crippen LogP) is 8.77. The highest BCUT2D eigenvalue weighted by atomic mass is 15.1. The lowest BCUT2D eigenvalue weighted by Gasteiger charge is -2.17. The molecule has 4 nitrogen and oxygen atoms in total. The molecule has 0 spiro atoms. The zero-order valence-electron chi connectivity index (χ0n) is 22.3. The molecule has 0 aliphatic rings. The fourth-order valence-electron chi connectivity index (χ4n) is 6.25. The van der Waals surface area contributed by atoms with Crippen molar-refractivity contribution in [1.82, 2.24) is 19.1 Å². The third-order valence-electron chi connectivity index (χ3n) is 8.16. The molecule has 4 heteroatoms. The van der Waals surface area contributed by atoms with E-state index in [0.29, 0.717) is 0 Å². The summed E-state index contributed by atoms with van der Waals surface area (Å²) in [4.78, 5) is 10.2. The predicted molar refractivity (Wildman–Crippen MR) is 166 cm³/mol. The van der Waals surface area contributed by atoms with Crippen LogP contribution >= 0.6 is 0 Å². The largest absolute Gasteiger partial charge is 0.327 e. The Morgan fingerprint density at radius 2 is 0.925 bits per heavy atom. The van der Waals surface area contributed by atoms with E-state index >= 15 is 0 Å². The topological polar surface area (TPSA) is 35.6 Å². The van der Waals surface area contributed by atoms with Gasteiger partial charge in [-0.05, 0) is 63.0 Å². The maximum Gasteiger partial charge on any atom is 0.141 e. The number of hydrogen-bond acceptors (Lipinski definition) is 2. The number of nitrogens with zero attached hydrogens (tertiary/aromatic N) is 4. The third-order valence-corrected chi connectivity index (χ3v) is 8.16. The minimum absolute atomic E-state index is 0.963. The van der Waals surface area contributed by atoms with E-state index in [2.05, 4.69) is 132 Å². The number of imidazole rings is 2. The lowest BCUT2D eigenvalue weighted by Crippen LogP contribution is -1.96. The molecular formula is C36H26N4. The van der Waals surface area contributed by atoms with Crippen LogP contribution in [0.15, 0.2) is 121 Å². The summed E-state index contributed by atoms with van der Waals surface area (Å²) in [6, 6.07) is 42.9. The van der Waals surface area contributed by atoms with Gasteiger partial charge < -0.3 is 9.13 Å². The fourth-order valence-corrected chi connectivity index (χ4v) is 6.25. The monoisotopic (exact) mass is 514 g/mol. The summed E-state index contributed by atoms with van der Waals surface area (Å²) in [5.74, 6) is 1.93. The first-order chi connectivity index (χ1) is 19.7. The normalized spacial score (nSPS) is 11.8. The highest BCUT2D eigenvalue weighted by Crippen LogP contribution is 2.43. The highest BCUT2D eigenvalue weighted by molar-refractivity contribution is 6.18. The number of para-hydroxylation sites is 4. The van der Waals surface area contributed by atoms with Crippen LogP contribution in [0.1, 0.15) is 0 Å². The van der Waals surface area contributed by atoms with Crippen molar-refractivity contribution >= 4 is 43.6 Å². The molecule has 190 valence electrons. The number of rotatable bonds is 3. The third kappa shape index (κ3) is 3.26. The van der Waals surface area contributed by atoms with E-state index in [9.17, 15) is 0 Å². The molecule has 2 aromatic heterocycles. The Balaban J connectivity index is 1.52. The molecule has 0 bridgehead atoms. The summed E-state index contributed by atoms with van der Waals surface area (Å²) >= 11 is 0. The first kappa shape index (κ1) is 22.7. The van der Waals surface area contributed by atoms with Gasteiger partial charge in [0.15, 0.2) is 0 Å². The van der Waals surface area contributed by atoms with Gasteiger partial charge in [-0.3, -0.25) is 0 Å². The molecule has 0 N–H and O–H groups in total. The van der Waals surface area contributed by atoms with Crippen molar-refractivity contribution in [2.75, 3.05) is 0 Å². The van der Waals surface area contributed by atoms with Crippen molar-refractivity contribution in [1.29, 1.82) is 0 Å². The van der Waals surface area contributed by atoms with Gasteiger partial charge in [-0.1, -0.05) is 91.0 Å². The summed E-state index contributed by atoms with van der Waals surface area (Å²) in [7, 11) is 4.21. The van der Waals surface area contributed by atoms with Gasteiger partial charge in [0.1, 0.15) is 11.6 Å². The van der Waals surface area contributed by atoms with E-state index in [1.54, 1.807) is 0 Å². The van der Waals surface area contributed by atoms with Crippen LogP contribution in [0.2, 0.25) is 0 Å². The fraction of sp³-hybridized carbons (Fsp3) is 0.0556. The number of aromatic nitrogens is 4. The van der Waals surface area contributed by atoms with Crippen molar-refractivity contribution < 1.29 is 0 Å². The molecule has 0 fully saturated rings. The number of aryl methyl sites for hydroxylation is 2. The number of fused-ring (bicyclic) bond motifs is 4. The second-order valence-electron chi connectivity index (χ2n) is 10.4. The molecular weight excluding hydrogens is 488 g/mol. The van der Waals surface area contributed by atoms with Crippen molar-refractivity contribution in [3.05, 3.63) is 121 Å². The van der Waals surface area contributed by atoms with E-state index in [-0.39, 0.29) is 0 Å². The van der Waals surface area contributed by atoms with E-state index in [0.717, 1.165) is 44.8 Å². The van der Waals surface area contributed by atoms with Crippen molar-refractivity contribution in [3.8, 4) is 33.9 Å². The molecule has 0 radical (unpaired) electrons. The Morgan fingerprint density at radius 3 is 1.43 bits per heavy atom. The second-order valence-corrected chi connectivity index (χ2v) is 10.4. The minimum atomic E-state index is 0.963. The van der Waals surface area contributed by atoms with Gasteiger partial charge in [0.2, 0.25) is 0 Å². The van der Waals surface area contributed by atoms with Crippen LogP contribution in [0.4, 0.5) is 0 Å². The summed E-state index contributed by atoms with van der Waals surface area (Å²) in [6.45, 7) is 0. The van der Waals surface area contributed by atoms with Crippen LogP contribution in [0.25, 0.3) is 77.5 Å². The van der Waals surface area contributed by atoms with Crippen LogP contribution in [0, 0.1) is 0 Å². The number of benzene rings is 6. The molecule has 0 aliphatic carbocycles. The molecule has 0 amide bonds. The van der Waals surface area contributed by atoms with Crippen molar-refractivity contribution in [2.24, 2.45) is 14.1 Å². The van der Waals surface area contributed by atoms with Crippen LogP contribution < -0.4 is 0 Å². The van der Waals surface area contributed by atoms with Gasteiger partial charge in [-0.2, -0.15) is 0 Å². The van der Waals surface area contributed by atoms with Crippen LogP contribution in [-0.2, 0) is 14.1 Å². The molecule has 6 aromatic carbocycles. The van der Waals surface area contributed by atoms with Crippen LogP contribution in [0.3, 0.4) is 0 Å². The van der Waals surface area contributed by atoms with E-state index in [1.165, 1.54) is 32.7 Å². The molecule has 40 heavy (non-hydrogen) atoms. The highest BCUT2D eigenvalue weighted by Gasteiger charge is 2.19. The molecule has 8 rings (SSSR count). The van der Waals surface area contributed by atoms with Crippen LogP contribution in [-0.4, -0.2) is 19.1 Å². The molecule has 0 saturated carbocycles. The van der Waals surface area contributed by atoms with Crippen molar-refractivity contribution in [2.45, 2.75) is 0 Å². The molecule has 2 heterocycles. The standard InChI is InChI=1S/C36H26N4/c1-39-32-20-8-6-18-30(32)37-35(39)26-16-10-14-24-28(26)22-29-25(34(24)23-12-4-3-5-13-23)15-11-17-27(29)36-38-31-19-7-9-21-33(31)40(36)2/h3-22H,1-2H3. The Hall–Kier alpha value is -5.22. The SMILES string of the molecule is Cn1c(-c2cccc3c(-c4ccccc4)c4cccc(-c5nc6ccccc6n5C)c4cc23)nc2ccccc21. The van der Waals surface area contributed by atoms with Crippen LogP contribution in [0.5, 0.6) is 0 Å². The summed E-state index contributed by atoms with van der Waals surface area (Å²) in [6.07, 6.45) is 0. The molecule has 0 unspecified atom stereocenters. The van der Waals surface area contributed by atoms with E-state index in [1.807, 2.05) is 12.1 Å². The first-order valence-electron chi connectivity index (χ1n) is 13.6. The quantitative estimate of drug-likeness (QED) is 0.221. The lowest BCUT2D eigenvalue weighted by molar-refractivity contribution is 0.960. The van der Waals surface area contributed by atoms with Gasteiger partial charge >= 0.3 is 0 Å². The zero-order valence-corrected chi connectivity index (χ0v) is 22.3. The number of hydrogen-bond donors (Lipinski definition) is 0. The lowest BCUT2D eigenvalue weighted by atomic mass is 9.88. The molecule has 0 saturated heterocycles. The van der Waals surface area contributed by atoms with Gasteiger partial charge in [0, 0.05) is 25.2 Å². The molecule has 0 atom stereocenters. The Labute approximate surface area is 231 Å². The molecule has 8 aromatic rings. The molecule has 0 aliphatic heterocycles. The summed E-state index contributed by atoms with van der Waals surface area (Å²) in [5, 5.41) is 4.78. The zero-order chi connectivity index (χ0) is 26.8. The van der Waals surface area contributed by atoms with E-state index in [4.69, 9.17) is 9.97 Å². The maximum atomic E-state index is 5.09. The summed E-state index contributed by atoms with van der Waals surface area (Å²) < 4.78 is 4.40. The maximum absolute atomic E-state index is 5.09.